The third-order valence-corrected chi connectivity index (χ3v) is 2.90. The van der Waals surface area contributed by atoms with E-state index in [1.807, 2.05) is 0 Å². The molecule has 2 aliphatic rings. The van der Waals surface area contributed by atoms with Crippen LogP contribution in [0.5, 0.6) is 0 Å². The maximum atomic E-state index is 12.0. The summed E-state index contributed by atoms with van der Waals surface area (Å²) in [7, 11) is 4.17. The Labute approximate surface area is 103 Å². The molecule has 0 bridgehead atoms. The minimum atomic E-state index is -0.725. The van der Waals surface area contributed by atoms with E-state index < -0.39 is 23.8 Å². The Morgan fingerprint density at radius 1 is 1.50 bits per heavy atom. The number of urea groups is 1. The Hall–Kier alpha value is -2.31. The van der Waals surface area contributed by atoms with Gasteiger partial charge in [0.2, 0.25) is 0 Å². The predicted octanol–water partition coefficient (Wildman–Crippen LogP) is -0.581. The largest absolute Gasteiger partial charge is 0.465 e. The van der Waals surface area contributed by atoms with Gasteiger partial charge in [-0.05, 0) is 6.08 Å². The summed E-state index contributed by atoms with van der Waals surface area (Å²) >= 11 is 0. The summed E-state index contributed by atoms with van der Waals surface area (Å²) in [5.41, 5.74) is 0.204. The normalized spacial score (nSPS) is 22.9. The van der Waals surface area contributed by atoms with E-state index in [0.717, 1.165) is 4.90 Å². The highest BCUT2D eigenvalue weighted by Gasteiger charge is 2.44. The maximum absolute atomic E-state index is 12.0. The SMILES string of the molecule is COC(=O)C1=CC2C(=O)N(C)C(=O)[N+](C)=C2N=C1. The molecule has 0 aromatic heterocycles. The van der Waals surface area contributed by atoms with Crippen LogP contribution in [0.25, 0.3) is 0 Å². The molecule has 2 aliphatic heterocycles. The summed E-state index contributed by atoms with van der Waals surface area (Å²) in [5, 5.41) is 0. The van der Waals surface area contributed by atoms with E-state index in [4.69, 9.17) is 0 Å². The first-order valence-corrected chi connectivity index (χ1v) is 5.23. The number of imide groups is 1. The third-order valence-electron chi connectivity index (χ3n) is 2.90. The van der Waals surface area contributed by atoms with Crippen LogP contribution in [-0.2, 0) is 14.3 Å². The van der Waals surface area contributed by atoms with E-state index in [0.29, 0.717) is 5.84 Å². The molecule has 18 heavy (non-hydrogen) atoms. The fourth-order valence-corrected chi connectivity index (χ4v) is 1.85. The Morgan fingerprint density at radius 2 is 2.17 bits per heavy atom. The molecule has 0 spiro atoms. The van der Waals surface area contributed by atoms with E-state index in [-0.39, 0.29) is 5.57 Å². The van der Waals surface area contributed by atoms with E-state index in [9.17, 15) is 14.4 Å². The number of amides is 3. The van der Waals surface area contributed by atoms with Crippen molar-refractivity contribution < 1.29 is 23.7 Å². The van der Waals surface area contributed by atoms with Gasteiger partial charge in [0.25, 0.3) is 5.84 Å². The van der Waals surface area contributed by atoms with Crippen molar-refractivity contribution in [1.29, 1.82) is 0 Å². The molecule has 0 fully saturated rings. The van der Waals surface area contributed by atoms with Crippen molar-refractivity contribution in [3.63, 3.8) is 0 Å². The Kier molecular flexibility index (Phi) is 2.82. The molecule has 2 rings (SSSR count). The zero-order chi connectivity index (χ0) is 13.4. The van der Waals surface area contributed by atoms with Crippen LogP contribution in [0.1, 0.15) is 0 Å². The van der Waals surface area contributed by atoms with Crippen molar-refractivity contribution >= 4 is 30.0 Å². The maximum Gasteiger partial charge on any atom is 0.445 e. The summed E-state index contributed by atoms with van der Waals surface area (Å²) < 4.78 is 5.85. The second kappa shape index (κ2) is 4.17. The van der Waals surface area contributed by atoms with Gasteiger partial charge in [-0.25, -0.2) is 9.59 Å². The molecular weight excluding hydrogens is 238 g/mol. The monoisotopic (exact) mass is 250 g/mol. The van der Waals surface area contributed by atoms with Gasteiger partial charge in [0.1, 0.15) is 6.21 Å². The van der Waals surface area contributed by atoms with Crippen LogP contribution in [0.15, 0.2) is 16.6 Å². The number of nitrogens with zero attached hydrogens (tertiary/aromatic N) is 3. The number of aliphatic imine (C=N–C) groups is 1. The molecular formula is C11H12N3O4+. The summed E-state index contributed by atoms with van der Waals surface area (Å²) in [6.07, 6.45) is 2.75. The molecule has 7 heteroatoms. The molecule has 7 nitrogen and oxygen atoms in total. The summed E-state index contributed by atoms with van der Waals surface area (Å²) in [6, 6.07) is -0.446. The lowest BCUT2D eigenvalue weighted by molar-refractivity contribution is -0.407. The second-order valence-corrected chi connectivity index (χ2v) is 3.95. The number of hydrogen-bond acceptors (Lipinski definition) is 5. The number of ether oxygens (including phenoxy) is 1. The molecule has 0 aliphatic carbocycles. The number of fused-ring (bicyclic) bond motifs is 1. The standard InChI is InChI=1S/C11H12N3O4/c1-13-8-7(9(15)14(2)11(13)17)4-6(5-12-8)10(16)18-3/h4-5,7H,1-3H3/q+1. The van der Waals surface area contributed by atoms with E-state index in [1.54, 1.807) is 0 Å². The predicted molar refractivity (Wildman–Crippen MR) is 61.4 cm³/mol. The average Bonchev–Trinajstić information content (AvgIpc) is 2.41. The van der Waals surface area contributed by atoms with Crippen molar-refractivity contribution in [1.82, 2.24) is 4.90 Å². The van der Waals surface area contributed by atoms with Crippen LogP contribution in [-0.4, -0.2) is 60.6 Å². The molecule has 0 aromatic rings. The highest BCUT2D eigenvalue weighted by atomic mass is 16.5. The number of methoxy groups -OCH3 is 1. The molecule has 1 unspecified atom stereocenters. The summed E-state index contributed by atoms with van der Waals surface area (Å²) in [6.45, 7) is 0. The van der Waals surface area contributed by atoms with Gasteiger partial charge >= 0.3 is 17.9 Å². The molecule has 0 saturated heterocycles. The van der Waals surface area contributed by atoms with Gasteiger partial charge in [0.05, 0.1) is 26.8 Å². The average molecular weight is 250 g/mol. The van der Waals surface area contributed by atoms with Gasteiger partial charge in [0, 0.05) is 0 Å². The van der Waals surface area contributed by atoms with Crippen molar-refractivity contribution in [2.75, 3.05) is 21.2 Å². The van der Waals surface area contributed by atoms with Gasteiger partial charge in [-0.2, -0.15) is 9.48 Å². The van der Waals surface area contributed by atoms with E-state index in [1.165, 1.54) is 38.1 Å². The molecule has 0 aromatic carbocycles. The van der Waals surface area contributed by atoms with Crippen molar-refractivity contribution in [2.24, 2.45) is 10.9 Å². The molecule has 0 saturated carbocycles. The number of carbonyl (C=O) groups is 3. The molecule has 94 valence electrons. The van der Waals surface area contributed by atoms with E-state index >= 15 is 0 Å². The smallest absolute Gasteiger partial charge is 0.445 e. The number of rotatable bonds is 1. The topological polar surface area (TPSA) is 79.1 Å². The Morgan fingerprint density at radius 3 is 2.78 bits per heavy atom. The lowest BCUT2D eigenvalue weighted by Gasteiger charge is -2.23. The Bertz CT molecular complexity index is 544. The molecule has 0 radical (unpaired) electrons. The molecule has 1 atom stereocenters. The quantitative estimate of drug-likeness (QED) is 0.460. The number of amidine groups is 1. The molecule has 3 amide bonds. The highest BCUT2D eigenvalue weighted by molar-refractivity contribution is 6.20. The lowest BCUT2D eigenvalue weighted by Crippen LogP contribution is -2.51. The van der Waals surface area contributed by atoms with Crippen LogP contribution in [0.2, 0.25) is 0 Å². The Balaban J connectivity index is 2.48. The first-order chi connectivity index (χ1) is 8.47. The zero-order valence-electron chi connectivity index (χ0n) is 10.2. The van der Waals surface area contributed by atoms with Crippen LogP contribution in [0.3, 0.4) is 0 Å². The van der Waals surface area contributed by atoms with Gasteiger partial charge < -0.3 is 4.74 Å². The van der Waals surface area contributed by atoms with Crippen molar-refractivity contribution in [3.8, 4) is 0 Å². The first-order valence-electron chi connectivity index (χ1n) is 5.23. The molecule has 2 heterocycles. The fraction of sp³-hybridized carbons (Fsp3) is 0.364. The summed E-state index contributed by atoms with van der Waals surface area (Å²) in [5.74, 6) is -1.38. The van der Waals surface area contributed by atoms with Gasteiger partial charge in [-0.15, -0.1) is 4.99 Å². The first kappa shape index (κ1) is 12.2. The fourth-order valence-electron chi connectivity index (χ4n) is 1.85. The van der Waals surface area contributed by atoms with Gasteiger partial charge in [-0.1, -0.05) is 0 Å². The van der Waals surface area contributed by atoms with Crippen molar-refractivity contribution in [2.45, 2.75) is 0 Å². The van der Waals surface area contributed by atoms with Crippen molar-refractivity contribution in [3.05, 3.63) is 11.6 Å². The number of dihydropyridines is 1. The van der Waals surface area contributed by atoms with Crippen LogP contribution in [0, 0.1) is 5.92 Å². The zero-order valence-corrected chi connectivity index (χ0v) is 10.2. The minimum Gasteiger partial charge on any atom is -0.465 e. The third kappa shape index (κ3) is 1.64. The number of hydrogen-bond donors (Lipinski definition) is 0. The summed E-state index contributed by atoms with van der Waals surface area (Å²) in [4.78, 5) is 40.0. The number of carbonyl (C=O) groups excluding carboxylic acids is 3. The van der Waals surface area contributed by atoms with Gasteiger partial charge in [0.15, 0.2) is 5.92 Å². The van der Waals surface area contributed by atoms with Crippen LogP contribution >= 0.6 is 0 Å². The van der Waals surface area contributed by atoms with Crippen LogP contribution < -0.4 is 0 Å². The highest BCUT2D eigenvalue weighted by Crippen LogP contribution is 2.19. The van der Waals surface area contributed by atoms with Crippen LogP contribution in [0.4, 0.5) is 4.79 Å². The minimum absolute atomic E-state index is 0.204. The molecule has 0 N–H and O–H groups in total. The second-order valence-electron chi connectivity index (χ2n) is 3.95. The van der Waals surface area contributed by atoms with E-state index in [2.05, 4.69) is 9.73 Å². The van der Waals surface area contributed by atoms with Gasteiger partial charge in [-0.3, -0.25) is 4.79 Å². The lowest BCUT2D eigenvalue weighted by atomic mass is 9.99. The number of esters is 1.